The van der Waals surface area contributed by atoms with Crippen molar-refractivity contribution in [2.75, 3.05) is 13.1 Å². The molecule has 0 saturated heterocycles. The van der Waals surface area contributed by atoms with Crippen LogP contribution in [0.15, 0.2) is 43.0 Å². The molecule has 1 rings (SSSR count). The van der Waals surface area contributed by atoms with Crippen LogP contribution in [0.5, 0.6) is 0 Å². The number of aliphatic carboxylic acids is 1. The van der Waals surface area contributed by atoms with Crippen LogP contribution < -0.4 is 0 Å². The monoisotopic (exact) mass is 243 g/mol. The van der Waals surface area contributed by atoms with Gasteiger partial charge in [-0.05, 0) is 12.1 Å². The Bertz CT molecular complexity index is 497. The van der Waals surface area contributed by atoms with Crippen LogP contribution in [0.3, 0.4) is 0 Å². The normalized spacial score (nSPS) is 8.89. The number of hydrogen-bond donors (Lipinski definition) is 1. The van der Waals surface area contributed by atoms with Crippen molar-refractivity contribution in [3.05, 3.63) is 48.6 Å². The first-order chi connectivity index (χ1) is 8.63. The molecule has 1 N–H and O–H groups in total. The first-order valence-electron chi connectivity index (χ1n) is 5.32. The second kappa shape index (κ2) is 6.92. The van der Waals surface area contributed by atoms with E-state index < -0.39 is 11.9 Å². The topological polar surface area (TPSA) is 57.6 Å². The highest BCUT2D eigenvalue weighted by Gasteiger charge is 2.12. The highest BCUT2D eigenvalue weighted by Crippen LogP contribution is 1.96. The summed E-state index contributed by atoms with van der Waals surface area (Å²) < 4.78 is 0. The highest BCUT2D eigenvalue weighted by atomic mass is 16.4. The number of amides is 1. The van der Waals surface area contributed by atoms with Crippen molar-refractivity contribution in [1.82, 2.24) is 4.90 Å². The van der Waals surface area contributed by atoms with Crippen molar-refractivity contribution in [2.45, 2.75) is 0 Å². The van der Waals surface area contributed by atoms with Crippen LogP contribution in [-0.4, -0.2) is 35.0 Å². The standard InChI is InChI=1S/C14H13NO3/c1-2-10-15(11-14(17)18)13(16)9-8-12-6-4-3-5-7-12/h2-7H,1,10-11H2,(H,17,18). The van der Waals surface area contributed by atoms with Crippen molar-refractivity contribution >= 4 is 11.9 Å². The molecule has 0 aliphatic heterocycles. The Labute approximate surface area is 106 Å². The van der Waals surface area contributed by atoms with E-state index in [2.05, 4.69) is 18.4 Å². The summed E-state index contributed by atoms with van der Waals surface area (Å²) in [5, 5.41) is 8.67. The maximum atomic E-state index is 11.7. The fourth-order valence-corrected chi connectivity index (χ4v) is 1.26. The number of carboxylic acid groups (broad SMARTS) is 1. The van der Waals surface area contributed by atoms with Crippen LogP contribution in [0.1, 0.15) is 5.56 Å². The van der Waals surface area contributed by atoms with Crippen LogP contribution in [0.2, 0.25) is 0 Å². The maximum Gasteiger partial charge on any atom is 0.323 e. The molecular formula is C14H13NO3. The molecule has 0 aromatic heterocycles. The minimum atomic E-state index is -1.08. The molecule has 0 atom stereocenters. The van der Waals surface area contributed by atoms with Gasteiger partial charge in [0.1, 0.15) is 6.54 Å². The molecule has 18 heavy (non-hydrogen) atoms. The number of benzene rings is 1. The first kappa shape index (κ1) is 13.5. The molecule has 1 aromatic rings. The molecule has 0 unspecified atom stereocenters. The Morgan fingerprint density at radius 3 is 2.56 bits per heavy atom. The predicted octanol–water partition coefficient (Wildman–Crippen LogP) is 1.14. The molecular weight excluding hydrogens is 230 g/mol. The lowest BCUT2D eigenvalue weighted by atomic mass is 10.2. The van der Waals surface area contributed by atoms with Crippen LogP contribution >= 0.6 is 0 Å². The summed E-state index contributed by atoms with van der Waals surface area (Å²) in [6, 6.07) is 9.02. The zero-order valence-corrected chi connectivity index (χ0v) is 9.80. The van der Waals surface area contributed by atoms with Crippen molar-refractivity contribution in [2.24, 2.45) is 0 Å². The van der Waals surface area contributed by atoms with E-state index in [-0.39, 0.29) is 13.1 Å². The number of rotatable bonds is 4. The van der Waals surface area contributed by atoms with Gasteiger partial charge in [0, 0.05) is 18.0 Å². The molecule has 0 bridgehead atoms. The van der Waals surface area contributed by atoms with Gasteiger partial charge in [-0.15, -0.1) is 6.58 Å². The van der Waals surface area contributed by atoms with Gasteiger partial charge < -0.3 is 10.0 Å². The zero-order valence-electron chi connectivity index (χ0n) is 9.80. The van der Waals surface area contributed by atoms with E-state index in [1.165, 1.54) is 6.08 Å². The van der Waals surface area contributed by atoms with E-state index in [1.807, 2.05) is 18.2 Å². The molecule has 4 heteroatoms. The third-order valence-electron chi connectivity index (χ3n) is 2.05. The second-order valence-corrected chi connectivity index (χ2v) is 3.48. The molecule has 1 aromatic carbocycles. The molecule has 4 nitrogen and oxygen atoms in total. The Balaban J connectivity index is 2.76. The van der Waals surface area contributed by atoms with Gasteiger partial charge in [-0.1, -0.05) is 30.2 Å². The fraction of sp³-hybridized carbons (Fsp3) is 0.143. The fourth-order valence-electron chi connectivity index (χ4n) is 1.26. The lowest BCUT2D eigenvalue weighted by molar-refractivity contribution is -0.142. The van der Waals surface area contributed by atoms with Gasteiger partial charge in [-0.3, -0.25) is 9.59 Å². The average molecular weight is 243 g/mol. The summed E-state index contributed by atoms with van der Waals surface area (Å²) >= 11 is 0. The molecule has 0 spiro atoms. The molecule has 92 valence electrons. The summed E-state index contributed by atoms with van der Waals surface area (Å²) in [5.74, 6) is 3.50. The van der Waals surface area contributed by atoms with Crippen LogP contribution in [-0.2, 0) is 9.59 Å². The second-order valence-electron chi connectivity index (χ2n) is 3.48. The highest BCUT2D eigenvalue weighted by molar-refractivity contribution is 5.95. The minimum absolute atomic E-state index is 0.161. The van der Waals surface area contributed by atoms with Crippen molar-refractivity contribution in [1.29, 1.82) is 0 Å². The molecule has 0 heterocycles. The summed E-state index contributed by atoms with van der Waals surface area (Å²) in [5.41, 5.74) is 0.708. The Morgan fingerprint density at radius 2 is 2.00 bits per heavy atom. The number of nitrogens with zero attached hydrogens (tertiary/aromatic N) is 1. The van der Waals surface area contributed by atoms with Gasteiger partial charge in [0.15, 0.2) is 0 Å². The smallest absolute Gasteiger partial charge is 0.323 e. The molecule has 0 aliphatic carbocycles. The third kappa shape index (κ3) is 4.54. The quantitative estimate of drug-likeness (QED) is 0.637. The number of carbonyl (C=O) groups excluding carboxylic acids is 1. The number of hydrogen-bond acceptors (Lipinski definition) is 2. The zero-order chi connectivity index (χ0) is 13.4. The summed E-state index contributed by atoms with van der Waals surface area (Å²) in [6.45, 7) is 3.25. The van der Waals surface area contributed by atoms with E-state index in [0.717, 1.165) is 4.90 Å². The van der Waals surface area contributed by atoms with Gasteiger partial charge in [-0.25, -0.2) is 0 Å². The van der Waals surface area contributed by atoms with Gasteiger partial charge >= 0.3 is 5.97 Å². The van der Waals surface area contributed by atoms with Crippen molar-refractivity contribution < 1.29 is 14.7 Å². The lowest BCUT2D eigenvalue weighted by Gasteiger charge is -2.14. The van der Waals surface area contributed by atoms with E-state index >= 15 is 0 Å². The first-order valence-corrected chi connectivity index (χ1v) is 5.32. The minimum Gasteiger partial charge on any atom is -0.480 e. The Morgan fingerprint density at radius 1 is 1.33 bits per heavy atom. The van der Waals surface area contributed by atoms with Crippen LogP contribution in [0, 0.1) is 11.8 Å². The lowest BCUT2D eigenvalue weighted by Crippen LogP contribution is -2.34. The molecule has 0 fully saturated rings. The van der Waals surface area contributed by atoms with Gasteiger partial charge in [-0.2, -0.15) is 0 Å². The van der Waals surface area contributed by atoms with Crippen molar-refractivity contribution in [3.63, 3.8) is 0 Å². The van der Waals surface area contributed by atoms with E-state index in [9.17, 15) is 9.59 Å². The van der Waals surface area contributed by atoms with Gasteiger partial charge in [0.25, 0.3) is 5.91 Å². The van der Waals surface area contributed by atoms with Crippen molar-refractivity contribution in [3.8, 4) is 11.8 Å². The predicted molar refractivity (Wildman–Crippen MR) is 67.7 cm³/mol. The molecule has 0 aliphatic rings. The van der Waals surface area contributed by atoms with Gasteiger partial charge in [0.05, 0.1) is 0 Å². The SMILES string of the molecule is C=CCN(CC(=O)O)C(=O)C#Cc1ccccc1. The average Bonchev–Trinajstić information content (AvgIpc) is 2.36. The third-order valence-corrected chi connectivity index (χ3v) is 2.05. The summed E-state index contributed by atoms with van der Waals surface area (Å²) in [6.07, 6.45) is 1.46. The number of carbonyl (C=O) groups is 2. The Hall–Kier alpha value is -2.54. The Kier molecular flexibility index (Phi) is 5.20. The van der Waals surface area contributed by atoms with E-state index in [4.69, 9.17) is 5.11 Å². The number of carboxylic acids is 1. The van der Waals surface area contributed by atoms with E-state index in [1.54, 1.807) is 12.1 Å². The molecule has 0 saturated carbocycles. The molecule has 0 radical (unpaired) electrons. The van der Waals surface area contributed by atoms with Gasteiger partial charge in [0.2, 0.25) is 0 Å². The van der Waals surface area contributed by atoms with E-state index in [0.29, 0.717) is 5.56 Å². The van der Waals surface area contributed by atoms with Crippen LogP contribution in [0.4, 0.5) is 0 Å². The summed E-state index contributed by atoms with van der Waals surface area (Å²) in [4.78, 5) is 23.4. The van der Waals surface area contributed by atoms with Crippen LogP contribution in [0.25, 0.3) is 0 Å². The summed E-state index contributed by atoms with van der Waals surface area (Å²) in [7, 11) is 0. The maximum absolute atomic E-state index is 11.7. The molecule has 1 amide bonds. The largest absolute Gasteiger partial charge is 0.480 e.